The SMILES string of the molecule is COc1ccc(Br)c(CS(N)(=O)=O)c1. The number of benzene rings is 1. The van der Waals surface area contributed by atoms with Gasteiger partial charge in [0.2, 0.25) is 10.0 Å². The molecule has 0 unspecified atom stereocenters. The molecule has 0 bridgehead atoms. The highest BCUT2D eigenvalue weighted by molar-refractivity contribution is 9.10. The van der Waals surface area contributed by atoms with E-state index in [-0.39, 0.29) is 5.75 Å². The molecule has 0 atom stereocenters. The van der Waals surface area contributed by atoms with Crippen LogP contribution >= 0.6 is 15.9 Å². The lowest BCUT2D eigenvalue weighted by Gasteiger charge is -2.05. The van der Waals surface area contributed by atoms with Gasteiger partial charge >= 0.3 is 0 Å². The van der Waals surface area contributed by atoms with Gasteiger partial charge in [0.25, 0.3) is 0 Å². The molecule has 0 aliphatic carbocycles. The summed E-state index contributed by atoms with van der Waals surface area (Å²) in [5.41, 5.74) is 0.590. The average Bonchev–Trinajstić information content (AvgIpc) is 2.06. The van der Waals surface area contributed by atoms with Gasteiger partial charge in [-0.2, -0.15) is 0 Å². The molecule has 1 rings (SSSR count). The van der Waals surface area contributed by atoms with E-state index in [2.05, 4.69) is 15.9 Å². The number of nitrogens with two attached hydrogens (primary N) is 1. The number of methoxy groups -OCH3 is 1. The van der Waals surface area contributed by atoms with Crippen molar-refractivity contribution in [3.63, 3.8) is 0 Å². The predicted octanol–water partition coefficient (Wildman–Crippen LogP) is 1.25. The average molecular weight is 280 g/mol. The third-order valence-corrected chi connectivity index (χ3v) is 3.10. The van der Waals surface area contributed by atoms with Crippen molar-refractivity contribution in [1.29, 1.82) is 0 Å². The highest BCUT2D eigenvalue weighted by Crippen LogP contribution is 2.23. The van der Waals surface area contributed by atoms with Crippen molar-refractivity contribution >= 4 is 26.0 Å². The Morgan fingerprint density at radius 2 is 2.14 bits per heavy atom. The highest BCUT2D eigenvalue weighted by atomic mass is 79.9. The standard InChI is InChI=1S/C8H10BrNO3S/c1-13-7-2-3-8(9)6(4-7)5-14(10,11)12/h2-4H,5H2,1H3,(H2,10,11,12). The van der Waals surface area contributed by atoms with Crippen LogP contribution in [0.1, 0.15) is 5.56 Å². The molecule has 1 aromatic carbocycles. The van der Waals surface area contributed by atoms with E-state index in [1.165, 1.54) is 7.11 Å². The van der Waals surface area contributed by atoms with Crippen LogP contribution in [0.3, 0.4) is 0 Å². The Balaban J connectivity index is 3.07. The summed E-state index contributed by atoms with van der Waals surface area (Å²) in [7, 11) is -1.99. The fraction of sp³-hybridized carbons (Fsp3) is 0.250. The molecule has 2 N–H and O–H groups in total. The minimum Gasteiger partial charge on any atom is -0.497 e. The Kier molecular flexibility index (Phi) is 3.52. The Morgan fingerprint density at radius 3 is 2.64 bits per heavy atom. The van der Waals surface area contributed by atoms with Crippen LogP contribution in [0.4, 0.5) is 0 Å². The van der Waals surface area contributed by atoms with E-state index in [1.807, 2.05) is 0 Å². The summed E-state index contributed by atoms with van der Waals surface area (Å²) < 4.78 is 27.4. The van der Waals surface area contributed by atoms with Crippen LogP contribution in [0, 0.1) is 0 Å². The van der Waals surface area contributed by atoms with Crippen LogP contribution in [-0.2, 0) is 15.8 Å². The summed E-state index contributed by atoms with van der Waals surface area (Å²) in [5, 5.41) is 4.94. The summed E-state index contributed by atoms with van der Waals surface area (Å²) in [6, 6.07) is 5.09. The van der Waals surface area contributed by atoms with Gasteiger partial charge in [-0.15, -0.1) is 0 Å². The molecule has 0 aromatic heterocycles. The molecule has 1 aromatic rings. The molecular formula is C8H10BrNO3S. The summed E-state index contributed by atoms with van der Waals surface area (Å²) in [6.45, 7) is 0. The Labute approximate surface area is 91.2 Å². The third kappa shape index (κ3) is 3.28. The van der Waals surface area contributed by atoms with Gasteiger partial charge in [-0.25, -0.2) is 13.6 Å². The van der Waals surface area contributed by atoms with Crippen LogP contribution in [0.5, 0.6) is 5.75 Å². The topological polar surface area (TPSA) is 69.4 Å². The van der Waals surface area contributed by atoms with Gasteiger partial charge in [-0.05, 0) is 23.8 Å². The molecule has 0 spiro atoms. The minimum absolute atomic E-state index is 0.204. The summed E-state index contributed by atoms with van der Waals surface area (Å²) in [6.07, 6.45) is 0. The highest BCUT2D eigenvalue weighted by Gasteiger charge is 2.09. The number of halogens is 1. The van der Waals surface area contributed by atoms with E-state index in [4.69, 9.17) is 9.88 Å². The molecule has 0 amide bonds. The van der Waals surface area contributed by atoms with Gasteiger partial charge in [0.05, 0.1) is 12.9 Å². The number of hydrogen-bond acceptors (Lipinski definition) is 3. The molecule has 78 valence electrons. The Hall–Kier alpha value is -0.590. The minimum atomic E-state index is -3.51. The molecule has 0 saturated carbocycles. The van der Waals surface area contributed by atoms with E-state index in [9.17, 15) is 8.42 Å². The predicted molar refractivity (Wildman–Crippen MR) is 57.5 cm³/mol. The Morgan fingerprint density at radius 1 is 1.50 bits per heavy atom. The van der Waals surface area contributed by atoms with Crippen molar-refractivity contribution in [3.05, 3.63) is 28.2 Å². The first-order valence-electron chi connectivity index (χ1n) is 3.75. The number of sulfonamides is 1. The quantitative estimate of drug-likeness (QED) is 0.905. The molecule has 6 heteroatoms. The lowest BCUT2D eigenvalue weighted by Crippen LogP contribution is -2.14. The van der Waals surface area contributed by atoms with Gasteiger partial charge in [-0.3, -0.25) is 0 Å². The summed E-state index contributed by atoms with van der Waals surface area (Å²) >= 11 is 3.24. The van der Waals surface area contributed by atoms with E-state index >= 15 is 0 Å². The van der Waals surface area contributed by atoms with Gasteiger partial charge in [0.15, 0.2) is 0 Å². The van der Waals surface area contributed by atoms with Crippen molar-refractivity contribution in [3.8, 4) is 5.75 Å². The zero-order chi connectivity index (χ0) is 10.8. The number of ether oxygens (including phenoxy) is 1. The van der Waals surface area contributed by atoms with Crippen molar-refractivity contribution in [1.82, 2.24) is 0 Å². The van der Waals surface area contributed by atoms with Crippen LogP contribution < -0.4 is 9.88 Å². The van der Waals surface area contributed by atoms with Crippen molar-refractivity contribution in [2.24, 2.45) is 5.14 Å². The molecule has 4 nitrogen and oxygen atoms in total. The zero-order valence-corrected chi connectivity index (χ0v) is 9.93. The number of rotatable bonds is 3. The lowest BCUT2D eigenvalue weighted by molar-refractivity contribution is 0.414. The molecule has 0 saturated heterocycles. The van der Waals surface area contributed by atoms with E-state index < -0.39 is 10.0 Å². The molecule has 14 heavy (non-hydrogen) atoms. The van der Waals surface area contributed by atoms with E-state index in [0.717, 1.165) is 0 Å². The molecule has 0 aliphatic rings. The van der Waals surface area contributed by atoms with Gasteiger partial charge in [0.1, 0.15) is 5.75 Å². The normalized spacial score (nSPS) is 11.4. The second-order valence-electron chi connectivity index (χ2n) is 2.76. The molecule has 0 radical (unpaired) electrons. The lowest BCUT2D eigenvalue weighted by atomic mass is 10.2. The van der Waals surface area contributed by atoms with Crippen molar-refractivity contribution in [2.75, 3.05) is 7.11 Å². The first-order valence-corrected chi connectivity index (χ1v) is 6.26. The monoisotopic (exact) mass is 279 g/mol. The van der Waals surface area contributed by atoms with E-state index in [1.54, 1.807) is 18.2 Å². The van der Waals surface area contributed by atoms with Crippen LogP contribution in [0.2, 0.25) is 0 Å². The van der Waals surface area contributed by atoms with Crippen molar-refractivity contribution < 1.29 is 13.2 Å². The first-order chi connectivity index (χ1) is 6.42. The maximum Gasteiger partial charge on any atom is 0.213 e. The molecular weight excluding hydrogens is 270 g/mol. The van der Waals surface area contributed by atoms with Crippen LogP contribution in [0.15, 0.2) is 22.7 Å². The maximum absolute atomic E-state index is 10.9. The van der Waals surface area contributed by atoms with Gasteiger partial charge in [0, 0.05) is 4.47 Å². The van der Waals surface area contributed by atoms with E-state index in [0.29, 0.717) is 15.8 Å². The number of hydrogen-bond donors (Lipinski definition) is 1. The smallest absolute Gasteiger partial charge is 0.213 e. The first kappa shape index (κ1) is 11.5. The molecule has 0 aliphatic heterocycles. The van der Waals surface area contributed by atoms with Crippen LogP contribution in [0.25, 0.3) is 0 Å². The van der Waals surface area contributed by atoms with Gasteiger partial charge in [-0.1, -0.05) is 15.9 Å². The second kappa shape index (κ2) is 4.29. The fourth-order valence-corrected chi connectivity index (χ4v) is 2.25. The largest absolute Gasteiger partial charge is 0.497 e. The Bertz CT molecular complexity index is 430. The second-order valence-corrected chi connectivity index (χ2v) is 5.23. The third-order valence-electron chi connectivity index (χ3n) is 1.61. The summed E-state index contributed by atoms with van der Waals surface area (Å²) in [4.78, 5) is 0. The summed E-state index contributed by atoms with van der Waals surface area (Å²) in [5.74, 6) is 0.400. The molecule has 0 fully saturated rings. The molecule has 0 heterocycles. The number of primary sulfonamides is 1. The van der Waals surface area contributed by atoms with Gasteiger partial charge < -0.3 is 4.74 Å². The van der Waals surface area contributed by atoms with Crippen LogP contribution in [-0.4, -0.2) is 15.5 Å². The maximum atomic E-state index is 10.9. The fourth-order valence-electron chi connectivity index (χ4n) is 1.01. The zero-order valence-electron chi connectivity index (χ0n) is 7.53. The van der Waals surface area contributed by atoms with Crippen molar-refractivity contribution in [2.45, 2.75) is 5.75 Å².